The lowest BCUT2D eigenvalue weighted by atomic mass is 10.0. The first kappa shape index (κ1) is 18.0. The van der Waals surface area contributed by atoms with Gasteiger partial charge in [0.15, 0.2) is 0 Å². The first-order valence-electron chi connectivity index (χ1n) is 7.65. The molecule has 0 aromatic heterocycles. The maximum absolute atomic E-state index is 12.4. The molecular formula is C20H13Cl2NO3. The van der Waals surface area contributed by atoms with Crippen molar-refractivity contribution in [1.82, 2.24) is 0 Å². The second kappa shape index (κ2) is 7.60. The van der Waals surface area contributed by atoms with E-state index in [2.05, 4.69) is 5.32 Å². The number of benzene rings is 3. The van der Waals surface area contributed by atoms with E-state index < -0.39 is 11.9 Å². The number of carbonyl (C=O) groups is 2. The van der Waals surface area contributed by atoms with E-state index in [1.165, 1.54) is 12.1 Å². The molecule has 0 atom stereocenters. The minimum Gasteiger partial charge on any atom is -0.478 e. The van der Waals surface area contributed by atoms with Crippen LogP contribution >= 0.6 is 23.2 Å². The largest absolute Gasteiger partial charge is 0.478 e. The maximum Gasteiger partial charge on any atom is 0.337 e. The first-order chi connectivity index (χ1) is 12.5. The van der Waals surface area contributed by atoms with E-state index in [9.17, 15) is 9.59 Å². The van der Waals surface area contributed by atoms with Gasteiger partial charge < -0.3 is 10.4 Å². The molecule has 4 nitrogen and oxygen atoms in total. The van der Waals surface area contributed by atoms with Gasteiger partial charge in [0, 0.05) is 5.56 Å². The number of hydrogen-bond donors (Lipinski definition) is 2. The van der Waals surface area contributed by atoms with Gasteiger partial charge in [0.2, 0.25) is 0 Å². The van der Waals surface area contributed by atoms with Crippen LogP contribution in [0.25, 0.3) is 11.1 Å². The summed E-state index contributed by atoms with van der Waals surface area (Å²) in [6.07, 6.45) is 0. The molecule has 2 N–H and O–H groups in total. The molecule has 0 saturated carbocycles. The number of anilines is 1. The Morgan fingerprint density at radius 3 is 2.04 bits per heavy atom. The van der Waals surface area contributed by atoms with Gasteiger partial charge in [-0.2, -0.15) is 0 Å². The van der Waals surface area contributed by atoms with Gasteiger partial charge in [0.05, 0.1) is 21.3 Å². The van der Waals surface area contributed by atoms with Crippen molar-refractivity contribution in [2.75, 3.05) is 5.32 Å². The Morgan fingerprint density at radius 2 is 1.42 bits per heavy atom. The Morgan fingerprint density at radius 1 is 0.808 bits per heavy atom. The Hall–Kier alpha value is -2.82. The fraction of sp³-hybridized carbons (Fsp3) is 0. The number of rotatable bonds is 4. The van der Waals surface area contributed by atoms with Crippen LogP contribution in [0.1, 0.15) is 20.7 Å². The fourth-order valence-electron chi connectivity index (χ4n) is 2.45. The summed E-state index contributed by atoms with van der Waals surface area (Å²) >= 11 is 11.9. The third-order valence-electron chi connectivity index (χ3n) is 3.79. The molecule has 1 amide bonds. The van der Waals surface area contributed by atoms with Crippen molar-refractivity contribution in [3.8, 4) is 11.1 Å². The topological polar surface area (TPSA) is 66.4 Å². The first-order valence-corrected chi connectivity index (χ1v) is 8.40. The predicted molar refractivity (Wildman–Crippen MR) is 103 cm³/mol. The SMILES string of the molecule is O=C(Nc1cc(C(=O)O)c(Cl)cc1Cl)c1ccc(-c2ccccc2)cc1. The van der Waals surface area contributed by atoms with Gasteiger partial charge in [-0.3, -0.25) is 4.79 Å². The van der Waals surface area contributed by atoms with Crippen molar-refractivity contribution in [3.05, 3.63) is 87.9 Å². The highest BCUT2D eigenvalue weighted by molar-refractivity contribution is 6.38. The van der Waals surface area contributed by atoms with Crippen molar-refractivity contribution in [2.45, 2.75) is 0 Å². The van der Waals surface area contributed by atoms with Gasteiger partial charge in [0.1, 0.15) is 0 Å². The second-order valence-electron chi connectivity index (χ2n) is 5.51. The third kappa shape index (κ3) is 3.87. The predicted octanol–water partition coefficient (Wildman–Crippen LogP) is 5.61. The molecule has 0 unspecified atom stereocenters. The van der Waals surface area contributed by atoms with Crippen LogP contribution < -0.4 is 5.32 Å². The van der Waals surface area contributed by atoms with Crippen LogP contribution in [0, 0.1) is 0 Å². The van der Waals surface area contributed by atoms with Crippen LogP contribution in [-0.4, -0.2) is 17.0 Å². The number of nitrogens with one attached hydrogen (secondary N) is 1. The summed E-state index contributed by atoms with van der Waals surface area (Å²) in [5.74, 6) is -1.60. The van der Waals surface area contributed by atoms with Crippen LogP contribution in [0.4, 0.5) is 5.69 Å². The Labute approximate surface area is 160 Å². The van der Waals surface area contributed by atoms with Gasteiger partial charge in [-0.05, 0) is 35.4 Å². The van der Waals surface area contributed by atoms with E-state index in [4.69, 9.17) is 28.3 Å². The molecule has 0 aliphatic rings. The molecule has 3 aromatic rings. The van der Waals surface area contributed by atoms with Crippen molar-refractivity contribution >= 4 is 40.8 Å². The molecule has 0 bridgehead atoms. The van der Waals surface area contributed by atoms with E-state index in [1.54, 1.807) is 12.1 Å². The van der Waals surface area contributed by atoms with E-state index in [1.807, 2.05) is 42.5 Å². The zero-order valence-electron chi connectivity index (χ0n) is 13.4. The summed E-state index contributed by atoms with van der Waals surface area (Å²) in [6, 6.07) is 19.4. The average Bonchev–Trinajstić information content (AvgIpc) is 2.64. The number of carboxylic acids is 1. The highest BCUT2D eigenvalue weighted by atomic mass is 35.5. The number of amides is 1. The third-order valence-corrected chi connectivity index (χ3v) is 4.41. The van der Waals surface area contributed by atoms with Gasteiger partial charge in [0.25, 0.3) is 5.91 Å². The van der Waals surface area contributed by atoms with Crippen LogP contribution in [0.2, 0.25) is 10.0 Å². The molecule has 3 aromatic carbocycles. The zero-order chi connectivity index (χ0) is 18.7. The van der Waals surface area contributed by atoms with Crippen molar-refractivity contribution in [1.29, 1.82) is 0 Å². The number of hydrogen-bond acceptors (Lipinski definition) is 2. The number of halogens is 2. The molecule has 0 saturated heterocycles. The molecular weight excluding hydrogens is 373 g/mol. The van der Waals surface area contributed by atoms with Crippen LogP contribution in [-0.2, 0) is 0 Å². The smallest absolute Gasteiger partial charge is 0.337 e. The summed E-state index contributed by atoms with van der Waals surface area (Å²) in [6.45, 7) is 0. The van der Waals surface area contributed by atoms with Crippen LogP contribution in [0.3, 0.4) is 0 Å². The normalized spacial score (nSPS) is 10.4. The van der Waals surface area contributed by atoms with Crippen LogP contribution in [0.5, 0.6) is 0 Å². The molecule has 3 rings (SSSR count). The average molecular weight is 386 g/mol. The summed E-state index contributed by atoms with van der Waals surface area (Å²) in [4.78, 5) is 23.6. The molecule has 0 heterocycles. The molecule has 6 heteroatoms. The van der Waals surface area contributed by atoms with Crippen molar-refractivity contribution < 1.29 is 14.7 Å². The lowest BCUT2D eigenvalue weighted by Gasteiger charge is -2.10. The van der Waals surface area contributed by atoms with Gasteiger partial charge in [-0.15, -0.1) is 0 Å². The number of carboxylic acid groups (broad SMARTS) is 1. The fourth-order valence-corrected chi connectivity index (χ4v) is 2.96. The number of aromatic carboxylic acids is 1. The van der Waals surface area contributed by atoms with E-state index in [0.29, 0.717) is 5.56 Å². The molecule has 26 heavy (non-hydrogen) atoms. The monoisotopic (exact) mass is 385 g/mol. The molecule has 0 aliphatic carbocycles. The lowest BCUT2D eigenvalue weighted by molar-refractivity contribution is 0.0696. The maximum atomic E-state index is 12.4. The molecule has 0 aliphatic heterocycles. The van der Waals surface area contributed by atoms with E-state index in [-0.39, 0.29) is 21.3 Å². The molecule has 0 spiro atoms. The lowest BCUT2D eigenvalue weighted by Crippen LogP contribution is -2.13. The molecule has 0 radical (unpaired) electrons. The number of carbonyl (C=O) groups excluding carboxylic acids is 1. The van der Waals surface area contributed by atoms with E-state index in [0.717, 1.165) is 11.1 Å². The minimum absolute atomic E-state index is 0.00714. The summed E-state index contributed by atoms with van der Waals surface area (Å²) in [5.41, 5.74) is 2.51. The quantitative estimate of drug-likeness (QED) is 0.613. The Bertz CT molecular complexity index is 970. The highest BCUT2D eigenvalue weighted by Gasteiger charge is 2.15. The summed E-state index contributed by atoms with van der Waals surface area (Å²) in [5, 5.41) is 11.9. The molecule has 0 fully saturated rings. The minimum atomic E-state index is -1.20. The summed E-state index contributed by atoms with van der Waals surface area (Å²) in [7, 11) is 0. The van der Waals surface area contributed by atoms with E-state index >= 15 is 0 Å². The van der Waals surface area contributed by atoms with Crippen molar-refractivity contribution in [2.24, 2.45) is 0 Å². The van der Waals surface area contributed by atoms with Crippen molar-refractivity contribution in [3.63, 3.8) is 0 Å². The van der Waals surface area contributed by atoms with Gasteiger partial charge >= 0.3 is 5.97 Å². The van der Waals surface area contributed by atoms with Gasteiger partial charge in [-0.25, -0.2) is 4.79 Å². The Kier molecular flexibility index (Phi) is 5.26. The second-order valence-corrected chi connectivity index (χ2v) is 6.33. The standard InChI is InChI=1S/C20H13Cl2NO3/c21-16-11-17(22)18(10-15(16)20(25)26)23-19(24)14-8-6-13(7-9-14)12-4-2-1-3-5-12/h1-11H,(H,23,24)(H,25,26). The summed E-state index contributed by atoms with van der Waals surface area (Å²) < 4.78 is 0. The van der Waals surface area contributed by atoms with Gasteiger partial charge in [-0.1, -0.05) is 65.7 Å². The molecule has 130 valence electrons. The highest BCUT2D eigenvalue weighted by Crippen LogP contribution is 2.30. The Balaban J connectivity index is 1.82. The zero-order valence-corrected chi connectivity index (χ0v) is 14.9. The van der Waals surface area contributed by atoms with Crippen LogP contribution in [0.15, 0.2) is 66.7 Å².